The van der Waals surface area contributed by atoms with E-state index >= 15 is 0 Å². The smallest absolute Gasteiger partial charge is 0.251 e. The molecule has 0 saturated carbocycles. The number of sulfonamides is 1. The van der Waals surface area contributed by atoms with Crippen molar-refractivity contribution in [3.63, 3.8) is 0 Å². The van der Waals surface area contributed by atoms with Gasteiger partial charge in [0.1, 0.15) is 9.73 Å². The number of rotatable bonds is 8. The highest BCUT2D eigenvalue weighted by Gasteiger charge is 2.27. The third-order valence-corrected chi connectivity index (χ3v) is 9.62. The number of hydrogen-bond acceptors (Lipinski definition) is 7. The normalized spacial score (nSPS) is 14.6. The molecule has 5 rings (SSSR count). The van der Waals surface area contributed by atoms with Crippen molar-refractivity contribution in [2.45, 2.75) is 29.6 Å². The zero-order valence-electron chi connectivity index (χ0n) is 20.2. The highest BCUT2D eigenvalue weighted by Crippen LogP contribution is 2.26. The lowest BCUT2D eigenvalue weighted by atomic mass is 10.0. The maximum Gasteiger partial charge on any atom is 0.251 e. The summed E-state index contributed by atoms with van der Waals surface area (Å²) in [6.45, 7) is 0.877. The molecule has 0 bridgehead atoms. The summed E-state index contributed by atoms with van der Waals surface area (Å²) >= 11 is 6.88. The molecule has 0 aliphatic carbocycles. The highest BCUT2D eigenvalue weighted by atomic mass is 35.5. The van der Waals surface area contributed by atoms with Crippen molar-refractivity contribution in [3.8, 4) is 0 Å². The summed E-state index contributed by atoms with van der Waals surface area (Å²) in [5.74, 6) is -0.563. The predicted octanol–water partition coefficient (Wildman–Crippen LogP) is 3.22. The van der Waals surface area contributed by atoms with Crippen LogP contribution < -0.4 is 10.0 Å². The molecule has 2 amide bonds. The second-order valence-corrected chi connectivity index (χ2v) is 12.5. The van der Waals surface area contributed by atoms with E-state index in [1.165, 1.54) is 6.07 Å². The maximum absolute atomic E-state index is 12.8. The van der Waals surface area contributed by atoms with Crippen LogP contribution in [0.15, 0.2) is 64.9 Å². The van der Waals surface area contributed by atoms with Gasteiger partial charge in [-0.05, 0) is 61.4 Å². The Morgan fingerprint density at radius 3 is 2.53 bits per heavy atom. The zero-order valence-corrected chi connectivity index (χ0v) is 22.6. The number of halogens is 1. The Morgan fingerprint density at radius 1 is 1.03 bits per heavy atom. The minimum Gasteiger partial charge on any atom is -0.347 e. The van der Waals surface area contributed by atoms with Gasteiger partial charge in [0.15, 0.2) is 0 Å². The number of aromatic nitrogens is 3. The molecule has 10 nitrogen and oxygen atoms in total. The standard InChI is InChI=1S/C25H25ClN6O4S2/c26-18-7-5-17(6-8-18)25(34)27-15-20-9-10-24(37-20)38(35,36)28-16-23(33)31-13-11-19(12-14-31)32-22-4-2-1-3-21(22)29-30-32/h1-10,19,28H,11-16H2,(H,27,34). The lowest BCUT2D eigenvalue weighted by molar-refractivity contribution is -0.131. The number of carbonyl (C=O) groups excluding carboxylic acids is 2. The SMILES string of the molecule is O=C(NCc1ccc(S(=O)(=O)NCC(=O)N2CCC(n3nnc4ccccc43)CC2)s1)c1ccc(Cl)cc1. The number of nitrogens with one attached hydrogen (secondary N) is 2. The van der Waals surface area contributed by atoms with Gasteiger partial charge in [-0.3, -0.25) is 9.59 Å². The molecule has 1 aliphatic rings. The van der Waals surface area contributed by atoms with Gasteiger partial charge in [0, 0.05) is 28.6 Å². The molecule has 1 fully saturated rings. The fourth-order valence-corrected chi connectivity index (χ4v) is 6.77. The van der Waals surface area contributed by atoms with E-state index in [4.69, 9.17) is 11.6 Å². The van der Waals surface area contributed by atoms with E-state index in [9.17, 15) is 18.0 Å². The van der Waals surface area contributed by atoms with Gasteiger partial charge in [-0.15, -0.1) is 16.4 Å². The lowest BCUT2D eigenvalue weighted by Crippen LogP contribution is -2.44. The first-order valence-corrected chi connectivity index (χ1v) is 14.7. The summed E-state index contributed by atoms with van der Waals surface area (Å²) in [6, 6.07) is 17.5. The van der Waals surface area contributed by atoms with Crippen LogP contribution in [-0.4, -0.2) is 59.8 Å². The fraction of sp³-hybridized carbons (Fsp3) is 0.280. The second kappa shape index (κ2) is 11.2. The van der Waals surface area contributed by atoms with Crippen molar-refractivity contribution in [1.29, 1.82) is 0 Å². The number of amides is 2. The van der Waals surface area contributed by atoms with E-state index in [1.807, 2.05) is 28.9 Å². The van der Waals surface area contributed by atoms with Crippen molar-refractivity contribution in [3.05, 3.63) is 76.1 Å². The van der Waals surface area contributed by atoms with Crippen LogP contribution in [0.2, 0.25) is 5.02 Å². The van der Waals surface area contributed by atoms with Gasteiger partial charge in [0.05, 0.1) is 24.6 Å². The number of thiophene rings is 1. The molecule has 0 radical (unpaired) electrons. The van der Waals surface area contributed by atoms with Crippen molar-refractivity contribution >= 4 is 55.8 Å². The minimum absolute atomic E-state index is 0.0813. The molecule has 4 aromatic rings. The summed E-state index contributed by atoms with van der Waals surface area (Å²) in [5.41, 5.74) is 2.25. The van der Waals surface area contributed by atoms with Crippen molar-refractivity contribution in [2.75, 3.05) is 19.6 Å². The lowest BCUT2D eigenvalue weighted by Gasteiger charge is -2.32. The van der Waals surface area contributed by atoms with E-state index in [1.54, 1.807) is 35.2 Å². The van der Waals surface area contributed by atoms with Crippen LogP contribution in [0.25, 0.3) is 11.0 Å². The van der Waals surface area contributed by atoms with Crippen LogP contribution in [0.5, 0.6) is 0 Å². The third-order valence-electron chi connectivity index (χ3n) is 6.39. The number of hydrogen-bond donors (Lipinski definition) is 2. The van der Waals surface area contributed by atoms with Crippen LogP contribution in [0, 0.1) is 0 Å². The second-order valence-electron chi connectivity index (χ2n) is 8.87. The topological polar surface area (TPSA) is 126 Å². The number of carbonyl (C=O) groups is 2. The summed E-state index contributed by atoms with van der Waals surface area (Å²) in [5, 5.41) is 11.8. The molecule has 38 heavy (non-hydrogen) atoms. The predicted molar refractivity (Wildman–Crippen MR) is 145 cm³/mol. The molecule has 0 unspecified atom stereocenters. The molecule has 3 heterocycles. The van der Waals surface area contributed by atoms with Gasteiger partial charge in [-0.1, -0.05) is 28.9 Å². The van der Waals surface area contributed by atoms with Gasteiger partial charge in [0.25, 0.3) is 15.9 Å². The summed E-state index contributed by atoms with van der Waals surface area (Å²) in [4.78, 5) is 27.3. The Morgan fingerprint density at radius 2 is 1.76 bits per heavy atom. The molecule has 2 aromatic heterocycles. The van der Waals surface area contributed by atoms with Crippen molar-refractivity contribution in [2.24, 2.45) is 0 Å². The van der Waals surface area contributed by atoms with Crippen LogP contribution in [0.1, 0.15) is 34.1 Å². The Kier molecular flexibility index (Phi) is 7.75. The number of para-hydroxylation sites is 1. The first-order valence-electron chi connectivity index (χ1n) is 12.0. The van der Waals surface area contributed by atoms with E-state index in [0.29, 0.717) is 41.4 Å². The van der Waals surface area contributed by atoms with Crippen LogP contribution >= 0.6 is 22.9 Å². The molecule has 0 atom stereocenters. The monoisotopic (exact) mass is 572 g/mol. The van der Waals surface area contributed by atoms with E-state index < -0.39 is 10.0 Å². The van der Waals surface area contributed by atoms with Gasteiger partial charge < -0.3 is 10.2 Å². The van der Waals surface area contributed by atoms with Gasteiger partial charge in [-0.25, -0.2) is 17.8 Å². The van der Waals surface area contributed by atoms with E-state index in [0.717, 1.165) is 22.4 Å². The number of fused-ring (bicyclic) bond motifs is 1. The molecular weight excluding hydrogens is 548 g/mol. The molecule has 198 valence electrons. The van der Waals surface area contributed by atoms with E-state index in [2.05, 4.69) is 20.4 Å². The number of piperidine rings is 1. The average molecular weight is 573 g/mol. The Labute approximate surface area is 228 Å². The molecule has 1 aliphatic heterocycles. The summed E-state index contributed by atoms with van der Waals surface area (Å²) in [6.07, 6.45) is 1.42. The van der Waals surface area contributed by atoms with Gasteiger partial charge in [0.2, 0.25) is 5.91 Å². The quantitative estimate of drug-likeness (QED) is 0.334. The Bertz CT molecular complexity index is 1560. The van der Waals surface area contributed by atoms with Gasteiger partial charge in [-0.2, -0.15) is 0 Å². The minimum atomic E-state index is -3.87. The van der Waals surface area contributed by atoms with Gasteiger partial charge >= 0.3 is 0 Å². The molecular formula is C25H25ClN6O4S2. The average Bonchev–Trinajstić information content (AvgIpc) is 3.59. The zero-order chi connectivity index (χ0) is 26.7. The number of nitrogens with zero attached hydrogens (tertiary/aromatic N) is 4. The van der Waals surface area contributed by atoms with Crippen LogP contribution in [0.3, 0.4) is 0 Å². The Balaban J connectivity index is 1.11. The number of likely N-dealkylation sites (tertiary alicyclic amines) is 1. The maximum atomic E-state index is 12.8. The largest absolute Gasteiger partial charge is 0.347 e. The Hall–Kier alpha value is -3.32. The molecule has 1 saturated heterocycles. The first kappa shape index (κ1) is 26.3. The van der Waals surface area contributed by atoms with E-state index in [-0.39, 0.29) is 35.2 Å². The summed E-state index contributed by atoms with van der Waals surface area (Å²) in [7, 11) is -3.87. The molecule has 13 heteroatoms. The first-order chi connectivity index (χ1) is 18.3. The van der Waals surface area contributed by atoms with Crippen molar-refractivity contribution < 1.29 is 18.0 Å². The molecule has 2 N–H and O–H groups in total. The van der Waals surface area contributed by atoms with Crippen molar-refractivity contribution in [1.82, 2.24) is 29.9 Å². The molecule has 0 spiro atoms. The molecule has 2 aromatic carbocycles. The third kappa shape index (κ3) is 5.88. The number of benzene rings is 2. The van der Waals surface area contributed by atoms with Crippen LogP contribution in [0.4, 0.5) is 0 Å². The fourth-order valence-electron chi connectivity index (χ4n) is 4.32. The summed E-state index contributed by atoms with van der Waals surface area (Å²) < 4.78 is 29.9. The highest BCUT2D eigenvalue weighted by molar-refractivity contribution is 7.91. The van der Waals surface area contributed by atoms with Crippen LogP contribution in [-0.2, 0) is 21.4 Å².